The van der Waals surface area contributed by atoms with Crippen molar-refractivity contribution in [3.8, 4) is 0 Å². The van der Waals surface area contributed by atoms with E-state index in [1.165, 1.54) is 16.6 Å². The van der Waals surface area contributed by atoms with Gasteiger partial charge in [-0.3, -0.25) is 4.68 Å². The van der Waals surface area contributed by atoms with Crippen LogP contribution in [0.3, 0.4) is 0 Å². The number of para-hydroxylation sites is 1. The fraction of sp³-hybridized carbons (Fsp3) is 0.462. The number of rotatable bonds is 4. The van der Waals surface area contributed by atoms with Crippen LogP contribution < -0.4 is 0 Å². The van der Waals surface area contributed by atoms with E-state index in [-0.39, 0.29) is 0 Å². The van der Waals surface area contributed by atoms with Gasteiger partial charge in [-0.15, -0.1) is 0 Å². The fourth-order valence-electron chi connectivity index (χ4n) is 1.97. The molecule has 0 saturated carbocycles. The molecule has 0 bridgehead atoms. The van der Waals surface area contributed by atoms with Gasteiger partial charge in [0.15, 0.2) is 0 Å². The average molecular weight is 281 g/mol. The topological polar surface area (TPSA) is 17.8 Å². The van der Waals surface area contributed by atoms with Gasteiger partial charge >= 0.3 is 0 Å². The molecule has 1 aromatic carbocycles. The van der Waals surface area contributed by atoms with E-state index in [0.29, 0.717) is 5.92 Å². The monoisotopic (exact) mass is 280 g/mol. The second-order valence-electron chi connectivity index (χ2n) is 4.24. The maximum Gasteiger partial charge on any atom is 0.0706 e. The predicted molar refractivity (Wildman–Crippen MR) is 72.1 cm³/mol. The van der Waals surface area contributed by atoms with Crippen LogP contribution in [0.15, 0.2) is 24.3 Å². The van der Waals surface area contributed by atoms with E-state index in [1.807, 2.05) is 0 Å². The molecule has 0 fully saturated rings. The van der Waals surface area contributed by atoms with Crippen molar-refractivity contribution in [1.82, 2.24) is 9.78 Å². The van der Waals surface area contributed by atoms with Crippen LogP contribution in [0, 0.1) is 5.92 Å². The average Bonchev–Trinajstić information content (AvgIpc) is 2.68. The summed E-state index contributed by atoms with van der Waals surface area (Å²) in [4.78, 5) is 0. The molecule has 1 atom stereocenters. The first-order chi connectivity index (χ1) is 7.76. The third-order valence-corrected chi connectivity index (χ3v) is 3.94. The summed E-state index contributed by atoms with van der Waals surface area (Å²) >= 11 is 3.53. The van der Waals surface area contributed by atoms with Crippen molar-refractivity contribution in [1.29, 1.82) is 0 Å². The van der Waals surface area contributed by atoms with Gasteiger partial charge in [0.2, 0.25) is 0 Å². The first kappa shape index (κ1) is 11.6. The summed E-state index contributed by atoms with van der Waals surface area (Å²) in [5, 5.41) is 7.02. The number of benzene rings is 1. The van der Waals surface area contributed by atoms with Crippen LogP contribution in [0.4, 0.5) is 0 Å². The molecular formula is C13H17BrN2. The van der Waals surface area contributed by atoms with Crippen molar-refractivity contribution in [3.05, 3.63) is 30.0 Å². The predicted octanol–water partition coefficient (Wildman–Crippen LogP) is 3.63. The first-order valence-corrected chi connectivity index (χ1v) is 6.88. The number of fused-ring (bicyclic) bond motifs is 1. The molecule has 0 radical (unpaired) electrons. The summed E-state index contributed by atoms with van der Waals surface area (Å²) in [6.45, 7) is 5.31. The smallest absolute Gasteiger partial charge is 0.0706 e. The molecule has 86 valence electrons. The van der Waals surface area contributed by atoms with E-state index in [2.05, 4.69) is 58.7 Å². The Morgan fingerprint density at radius 3 is 2.81 bits per heavy atom. The van der Waals surface area contributed by atoms with E-state index < -0.39 is 0 Å². The standard InChI is InChI=1S/C13H17BrN2/c1-3-16-13-7-5-4-6-11(13)12(15-16)8-10(2)9-14/h4-7,10H,3,8-9H2,1-2H3. The summed E-state index contributed by atoms with van der Waals surface area (Å²) in [5.74, 6) is 0.628. The van der Waals surface area contributed by atoms with Crippen molar-refractivity contribution in [2.45, 2.75) is 26.8 Å². The van der Waals surface area contributed by atoms with Gasteiger partial charge in [-0.1, -0.05) is 41.1 Å². The third kappa shape index (κ3) is 2.14. The number of nitrogens with zero attached hydrogens (tertiary/aromatic N) is 2. The molecule has 1 heterocycles. The Kier molecular flexibility index (Phi) is 3.64. The molecular weight excluding hydrogens is 264 g/mol. The summed E-state index contributed by atoms with van der Waals surface area (Å²) in [6, 6.07) is 8.49. The lowest BCUT2D eigenvalue weighted by atomic mass is 10.1. The minimum atomic E-state index is 0.628. The zero-order valence-electron chi connectivity index (χ0n) is 9.78. The Labute approximate surface area is 105 Å². The molecule has 0 aliphatic carbocycles. The Hall–Kier alpha value is -0.830. The molecule has 0 saturated heterocycles. The molecule has 1 aromatic heterocycles. The van der Waals surface area contributed by atoms with Crippen LogP contribution in [-0.2, 0) is 13.0 Å². The molecule has 0 aliphatic heterocycles. The van der Waals surface area contributed by atoms with Crippen LogP contribution in [0.25, 0.3) is 10.9 Å². The molecule has 0 spiro atoms. The zero-order chi connectivity index (χ0) is 11.5. The minimum absolute atomic E-state index is 0.628. The Balaban J connectivity index is 2.45. The Morgan fingerprint density at radius 1 is 1.38 bits per heavy atom. The number of hydrogen-bond donors (Lipinski definition) is 0. The van der Waals surface area contributed by atoms with Crippen molar-refractivity contribution in [2.24, 2.45) is 5.92 Å². The summed E-state index contributed by atoms with van der Waals surface area (Å²) in [6.07, 6.45) is 1.04. The van der Waals surface area contributed by atoms with Gasteiger partial charge in [0.25, 0.3) is 0 Å². The van der Waals surface area contributed by atoms with Gasteiger partial charge < -0.3 is 0 Å². The van der Waals surface area contributed by atoms with Gasteiger partial charge in [0, 0.05) is 17.3 Å². The lowest BCUT2D eigenvalue weighted by Gasteiger charge is -2.04. The molecule has 0 N–H and O–H groups in total. The number of halogens is 1. The first-order valence-electron chi connectivity index (χ1n) is 5.76. The van der Waals surface area contributed by atoms with Crippen LogP contribution in [0.5, 0.6) is 0 Å². The summed E-state index contributed by atoms with van der Waals surface area (Å²) in [7, 11) is 0. The Bertz CT molecular complexity index is 476. The lowest BCUT2D eigenvalue weighted by Crippen LogP contribution is -2.03. The van der Waals surface area contributed by atoms with E-state index in [0.717, 1.165) is 18.3 Å². The maximum atomic E-state index is 4.69. The highest BCUT2D eigenvalue weighted by molar-refractivity contribution is 9.09. The summed E-state index contributed by atoms with van der Waals surface area (Å²) in [5.41, 5.74) is 2.48. The highest BCUT2D eigenvalue weighted by atomic mass is 79.9. The molecule has 2 rings (SSSR count). The van der Waals surface area contributed by atoms with E-state index >= 15 is 0 Å². The SMILES string of the molecule is CCn1nc(CC(C)CBr)c2ccccc21. The molecule has 16 heavy (non-hydrogen) atoms. The van der Waals surface area contributed by atoms with Gasteiger partial charge in [0.1, 0.15) is 0 Å². The van der Waals surface area contributed by atoms with Gasteiger partial charge in [0.05, 0.1) is 11.2 Å². The van der Waals surface area contributed by atoms with E-state index in [1.54, 1.807) is 0 Å². The van der Waals surface area contributed by atoms with Gasteiger partial charge in [-0.05, 0) is 25.3 Å². The second-order valence-corrected chi connectivity index (χ2v) is 4.89. The molecule has 0 amide bonds. The number of aromatic nitrogens is 2. The molecule has 0 aliphatic rings. The maximum absolute atomic E-state index is 4.69. The summed E-state index contributed by atoms with van der Waals surface area (Å²) < 4.78 is 2.09. The van der Waals surface area contributed by atoms with Crippen molar-refractivity contribution in [2.75, 3.05) is 5.33 Å². The number of alkyl halides is 1. The Morgan fingerprint density at radius 2 is 2.12 bits per heavy atom. The van der Waals surface area contributed by atoms with E-state index in [4.69, 9.17) is 5.10 Å². The highest BCUT2D eigenvalue weighted by Gasteiger charge is 2.11. The van der Waals surface area contributed by atoms with Crippen molar-refractivity contribution < 1.29 is 0 Å². The highest BCUT2D eigenvalue weighted by Crippen LogP contribution is 2.21. The quantitative estimate of drug-likeness (QED) is 0.782. The molecule has 1 unspecified atom stereocenters. The number of hydrogen-bond acceptors (Lipinski definition) is 1. The fourth-order valence-corrected chi connectivity index (χ4v) is 2.20. The van der Waals surface area contributed by atoms with Crippen LogP contribution in [0.2, 0.25) is 0 Å². The molecule has 3 heteroatoms. The van der Waals surface area contributed by atoms with Crippen LogP contribution in [0.1, 0.15) is 19.5 Å². The van der Waals surface area contributed by atoms with Crippen molar-refractivity contribution >= 4 is 26.8 Å². The minimum Gasteiger partial charge on any atom is -0.265 e. The second kappa shape index (κ2) is 5.00. The van der Waals surface area contributed by atoms with Crippen molar-refractivity contribution in [3.63, 3.8) is 0 Å². The molecule has 2 nitrogen and oxygen atoms in total. The number of aryl methyl sites for hydroxylation is 1. The lowest BCUT2D eigenvalue weighted by molar-refractivity contribution is 0.616. The van der Waals surface area contributed by atoms with Gasteiger partial charge in [-0.25, -0.2) is 0 Å². The van der Waals surface area contributed by atoms with Crippen LogP contribution >= 0.6 is 15.9 Å². The zero-order valence-corrected chi connectivity index (χ0v) is 11.4. The molecule has 2 aromatic rings. The van der Waals surface area contributed by atoms with Crippen LogP contribution in [-0.4, -0.2) is 15.1 Å². The third-order valence-electron chi connectivity index (χ3n) is 2.84. The normalized spacial score (nSPS) is 13.2. The largest absolute Gasteiger partial charge is 0.265 e. The van der Waals surface area contributed by atoms with Gasteiger partial charge in [-0.2, -0.15) is 5.10 Å². The van der Waals surface area contributed by atoms with E-state index in [9.17, 15) is 0 Å².